The maximum absolute atomic E-state index is 5.41. The number of hydrogen-bond acceptors (Lipinski definition) is 3. The normalized spacial score (nSPS) is 13.8. The quantitative estimate of drug-likeness (QED) is 0.217. The number of fused-ring (bicyclic) bond motifs is 9. The highest BCUT2D eigenvalue weighted by Gasteiger charge is 2.40. The molecule has 3 heterocycles. The molecule has 0 bridgehead atoms. The Morgan fingerprint density at radius 3 is 2.17 bits per heavy atom. The summed E-state index contributed by atoms with van der Waals surface area (Å²) >= 11 is 1.85. The van der Waals surface area contributed by atoms with Gasteiger partial charge in [0.05, 0.1) is 22.4 Å². The fourth-order valence-electron chi connectivity index (χ4n) is 6.91. The number of aromatic nitrogens is 3. The van der Waals surface area contributed by atoms with E-state index in [9.17, 15) is 0 Å². The molecule has 3 aromatic heterocycles. The van der Waals surface area contributed by atoms with Crippen LogP contribution >= 0.6 is 11.3 Å². The van der Waals surface area contributed by atoms with E-state index in [1.165, 1.54) is 47.6 Å². The van der Waals surface area contributed by atoms with Crippen molar-refractivity contribution in [1.29, 1.82) is 0 Å². The van der Waals surface area contributed by atoms with Crippen molar-refractivity contribution in [2.24, 2.45) is 0 Å². The van der Waals surface area contributed by atoms with Crippen LogP contribution in [0.4, 0.5) is 0 Å². The summed E-state index contributed by atoms with van der Waals surface area (Å²) in [6.45, 7) is 4.59. The molecule has 1 aliphatic rings. The van der Waals surface area contributed by atoms with Crippen LogP contribution in [0.1, 0.15) is 25.0 Å². The first-order chi connectivity index (χ1) is 20.1. The van der Waals surface area contributed by atoms with Crippen LogP contribution in [0.5, 0.6) is 0 Å². The highest BCUT2D eigenvalue weighted by molar-refractivity contribution is 7.25. The summed E-state index contributed by atoms with van der Waals surface area (Å²) in [5.41, 5.74) is 8.88. The van der Waals surface area contributed by atoms with Gasteiger partial charge in [-0.05, 0) is 29.8 Å². The van der Waals surface area contributed by atoms with Crippen LogP contribution in [0, 0.1) is 0 Å². The topological polar surface area (TPSA) is 30.7 Å². The molecule has 0 aliphatic heterocycles. The third kappa shape index (κ3) is 3.08. The zero-order valence-electron chi connectivity index (χ0n) is 22.7. The van der Waals surface area contributed by atoms with Gasteiger partial charge in [-0.25, -0.2) is 9.97 Å². The van der Waals surface area contributed by atoms with Crippen molar-refractivity contribution in [3.63, 3.8) is 0 Å². The van der Waals surface area contributed by atoms with Gasteiger partial charge in [0.2, 0.25) is 5.95 Å². The third-order valence-corrected chi connectivity index (χ3v) is 9.93. The second kappa shape index (κ2) is 8.12. The van der Waals surface area contributed by atoms with Crippen molar-refractivity contribution in [1.82, 2.24) is 14.5 Å². The van der Waals surface area contributed by atoms with Crippen LogP contribution in [0.15, 0.2) is 115 Å². The molecule has 0 radical (unpaired) electrons. The monoisotopic (exact) mass is 543 g/mol. The van der Waals surface area contributed by atoms with Gasteiger partial charge in [0, 0.05) is 53.1 Å². The molecule has 9 rings (SSSR count). The zero-order valence-corrected chi connectivity index (χ0v) is 23.5. The van der Waals surface area contributed by atoms with Gasteiger partial charge >= 0.3 is 0 Å². The SMILES string of the molecule is CC1(C)c2ccccc2-c2nc(-n3c4ccccc4c4cc5c(cc43)sc3ccccc35)nc(-c3ccccc3)c21. The van der Waals surface area contributed by atoms with Gasteiger partial charge in [-0.2, -0.15) is 0 Å². The number of rotatable bonds is 2. The molecule has 0 unspecified atom stereocenters. The van der Waals surface area contributed by atoms with Crippen LogP contribution in [0.25, 0.3) is 70.4 Å². The second-order valence-corrected chi connectivity index (χ2v) is 12.5. The fourth-order valence-corrected chi connectivity index (χ4v) is 8.03. The summed E-state index contributed by atoms with van der Waals surface area (Å²) in [5, 5.41) is 5.05. The first kappa shape index (κ1) is 23.0. The summed E-state index contributed by atoms with van der Waals surface area (Å²) < 4.78 is 4.86. The van der Waals surface area contributed by atoms with Crippen LogP contribution in [0.2, 0.25) is 0 Å². The highest BCUT2D eigenvalue weighted by atomic mass is 32.1. The maximum atomic E-state index is 5.41. The fraction of sp³-hybridized carbons (Fsp3) is 0.0811. The molecule has 5 aromatic carbocycles. The van der Waals surface area contributed by atoms with Crippen LogP contribution in [0.3, 0.4) is 0 Å². The average Bonchev–Trinajstić information content (AvgIpc) is 3.61. The summed E-state index contributed by atoms with van der Waals surface area (Å²) in [5.74, 6) is 0.710. The van der Waals surface area contributed by atoms with E-state index in [4.69, 9.17) is 9.97 Å². The van der Waals surface area contributed by atoms with Crippen molar-refractivity contribution >= 4 is 53.3 Å². The van der Waals surface area contributed by atoms with Crippen molar-refractivity contribution in [2.75, 3.05) is 0 Å². The first-order valence-electron chi connectivity index (χ1n) is 14.0. The van der Waals surface area contributed by atoms with E-state index in [1.807, 2.05) is 11.3 Å². The lowest BCUT2D eigenvalue weighted by atomic mass is 9.81. The lowest BCUT2D eigenvalue weighted by Crippen LogP contribution is -2.18. The molecule has 0 saturated heterocycles. The van der Waals surface area contributed by atoms with Crippen molar-refractivity contribution in [3.05, 3.63) is 126 Å². The van der Waals surface area contributed by atoms with Gasteiger partial charge in [-0.15, -0.1) is 11.3 Å². The number of para-hydroxylation sites is 1. The van der Waals surface area contributed by atoms with Crippen LogP contribution in [-0.4, -0.2) is 14.5 Å². The van der Waals surface area contributed by atoms with E-state index in [-0.39, 0.29) is 5.41 Å². The molecule has 194 valence electrons. The van der Waals surface area contributed by atoms with Crippen molar-refractivity contribution in [2.45, 2.75) is 19.3 Å². The average molecular weight is 544 g/mol. The van der Waals surface area contributed by atoms with E-state index < -0.39 is 0 Å². The molecular formula is C37H25N3S. The highest BCUT2D eigenvalue weighted by Crippen LogP contribution is 2.51. The maximum Gasteiger partial charge on any atom is 0.235 e. The summed E-state index contributed by atoms with van der Waals surface area (Å²) in [6.07, 6.45) is 0. The Morgan fingerprint density at radius 1 is 0.585 bits per heavy atom. The zero-order chi connectivity index (χ0) is 27.3. The number of nitrogens with zero attached hydrogens (tertiary/aromatic N) is 3. The van der Waals surface area contributed by atoms with E-state index in [0.29, 0.717) is 5.95 Å². The molecular weight excluding hydrogens is 518 g/mol. The second-order valence-electron chi connectivity index (χ2n) is 11.4. The molecule has 3 nitrogen and oxygen atoms in total. The Bertz CT molecular complexity index is 2340. The minimum absolute atomic E-state index is 0.209. The molecule has 0 atom stereocenters. The summed E-state index contributed by atoms with van der Waals surface area (Å²) in [6, 6.07) is 41.3. The largest absolute Gasteiger partial charge is 0.278 e. The molecule has 0 spiro atoms. The number of thiophene rings is 1. The molecule has 8 aromatic rings. The Hall–Kier alpha value is -4.80. The minimum atomic E-state index is -0.209. The molecule has 1 aliphatic carbocycles. The third-order valence-electron chi connectivity index (χ3n) is 8.80. The Labute approximate surface area is 241 Å². The van der Waals surface area contributed by atoms with E-state index in [2.05, 4.69) is 134 Å². The summed E-state index contributed by atoms with van der Waals surface area (Å²) in [4.78, 5) is 10.8. The molecule has 41 heavy (non-hydrogen) atoms. The number of hydrogen-bond donors (Lipinski definition) is 0. The van der Waals surface area contributed by atoms with Crippen LogP contribution < -0.4 is 0 Å². The predicted molar refractivity (Wildman–Crippen MR) is 172 cm³/mol. The van der Waals surface area contributed by atoms with E-state index in [1.54, 1.807) is 0 Å². The molecule has 4 heteroatoms. The standard InChI is InChI=1S/C37H25N3S/c1-37(2)28-17-9-6-16-25(28)35-33(37)34(22-12-4-3-5-13-22)38-36(39-35)40-29-18-10-7-14-23(29)26-20-27-24-15-8-11-19-31(24)41-32(27)21-30(26)40/h3-21H,1-2H3. The van der Waals surface area contributed by atoms with Gasteiger partial charge in [-0.1, -0.05) is 105 Å². The van der Waals surface area contributed by atoms with Gasteiger partial charge in [0.15, 0.2) is 0 Å². The smallest absolute Gasteiger partial charge is 0.235 e. The molecule has 0 fully saturated rings. The Morgan fingerprint density at radius 2 is 1.29 bits per heavy atom. The number of benzene rings is 5. The van der Waals surface area contributed by atoms with Gasteiger partial charge in [-0.3, -0.25) is 4.57 Å². The molecule has 0 N–H and O–H groups in total. The van der Waals surface area contributed by atoms with Gasteiger partial charge in [0.25, 0.3) is 0 Å². The van der Waals surface area contributed by atoms with E-state index in [0.717, 1.165) is 28.0 Å². The van der Waals surface area contributed by atoms with Gasteiger partial charge in [0.1, 0.15) is 0 Å². The molecule has 0 amide bonds. The van der Waals surface area contributed by atoms with E-state index >= 15 is 0 Å². The van der Waals surface area contributed by atoms with Crippen molar-refractivity contribution in [3.8, 4) is 28.5 Å². The van der Waals surface area contributed by atoms with Gasteiger partial charge < -0.3 is 0 Å². The Balaban J connectivity index is 1.43. The lowest BCUT2D eigenvalue weighted by molar-refractivity contribution is 0.657. The predicted octanol–water partition coefficient (Wildman–Crippen LogP) is 9.91. The van der Waals surface area contributed by atoms with Crippen molar-refractivity contribution < 1.29 is 0 Å². The molecule has 0 saturated carbocycles. The summed E-state index contributed by atoms with van der Waals surface area (Å²) in [7, 11) is 0. The van der Waals surface area contributed by atoms with Crippen LogP contribution in [-0.2, 0) is 5.41 Å². The Kier molecular flexibility index (Phi) is 4.55. The lowest BCUT2D eigenvalue weighted by Gasteiger charge is -2.24. The minimum Gasteiger partial charge on any atom is -0.278 e. The first-order valence-corrected chi connectivity index (χ1v) is 14.8.